The molecule has 1 saturated carbocycles. The minimum absolute atomic E-state index is 0.0468. The molecule has 1 aliphatic carbocycles. The molecule has 2 rings (SSSR count). The third-order valence-corrected chi connectivity index (χ3v) is 6.50. The second-order valence-electron chi connectivity index (χ2n) is 6.20. The Kier molecular flexibility index (Phi) is 4.87. The maximum absolute atomic E-state index is 11.7. The predicted octanol–water partition coefficient (Wildman–Crippen LogP) is 2.48. The number of carbonyl (C=O) groups is 1. The van der Waals surface area contributed by atoms with Crippen LogP contribution in [-0.4, -0.2) is 31.0 Å². The lowest BCUT2D eigenvalue weighted by atomic mass is 9.81. The summed E-state index contributed by atoms with van der Waals surface area (Å²) in [6.45, 7) is 0. The van der Waals surface area contributed by atoms with Gasteiger partial charge in [-0.2, -0.15) is 0 Å². The van der Waals surface area contributed by atoms with Crippen molar-refractivity contribution in [2.45, 2.75) is 51.4 Å². The molecule has 2 atom stereocenters. The van der Waals surface area contributed by atoms with E-state index in [1.54, 1.807) is 0 Å². The van der Waals surface area contributed by atoms with Gasteiger partial charge in [-0.15, -0.1) is 0 Å². The molecule has 2 unspecified atom stereocenters. The van der Waals surface area contributed by atoms with E-state index in [1.807, 2.05) is 0 Å². The van der Waals surface area contributed by atoms with Gasteiger partial charge in [0.2, 0.25) is 0 Å². The molecule has 0 radical (unpaired) electrons. The van der Waals surface area contributed by atoms with Crippen molar-refractivity contribution in [3.8, 4) is 0 Å². The lowest BCUT2D eigenvalue weighted by molar-refractivity contribution is -0.143. The standard InChI is InChI=1S/C14H24O4S/c15-14(16)13-7-8-19(17,18)10-12(13)9-11-5-3-1-2-4-6-11/h11-13H,1-10H2,(H,15,16). The van der Waals surface area contributed by atoms with Gasteiger partial charge in [0.1, 0.15) is 0 Å². The largest absolute Gasteiger partial charge is 0.481 e. The summed E-state index contributed by atoms with van der Waals surface area (Å²) in [7, 11) is -3.02. The maximum Gasteiger partial charge on any atom is 0.306 e. The van der Waals surface area contributed by atoms with Crippen LogP contribution in [0.5, 0.6) is 0 Å². The number of sulfone groups is 1. The van der Waals surface area contributed by atoms with Crippen LogP contribution < -0.4 is 0 Å². The predicted molar refractivity (Wildman–Crippen MR) is 73.7 cm³/mol. The van der Waals surface area contributed by atoms with Crippen molar-refractivity contribution in [3.05, 3.63) is 0 Å². The van der Waals surface area contributed by atoms with Gasteiger partial charge in [-0.25, -0.2) is 8.42 Å². The molecule has 2 fully saturated rings. The highest BCUT2D eigenvalue weighted by molar-refractivity contribution is 7.91. The van der Waals surface area contributed by atoms with Gasteiger partial charge < -0.3 is 5.11 Å². The Hall–Kier alpha value is -0.580. The number of aliphatic carboxylic acids is 1. The molecule has 0 aromatic carbocycles. The van der Waals surface area contributed by atoms with Crippen molar-refractivity contribution in [1.29, 1.82) is 0 Å². The van der Waals surface area contributed by atoms with Crippen LogP contribution in [0, 0.1) is 17.8 Å². The molecule has 0 spiro atoms. The van der Waals surface area contributed by atoms with Crippen LogP contribution in [0.15, 0.2) is 0 Å². The first-order valence-electron chi connectivity index (χ1n) is 7.41. The molecule has 0 aromatic heterocycles. The summed E-state index contributed by atoms with van der Waals surface area (Å²) in [6, 6.07) is 0. The van der Waals surface area contributed by atoms with Gasteiger partial charge in [0.25, 0.3) is 0 Å². The highest BCUT2D eigenvalue weighted by atomic mass is 32.2. The van der Waals surface area contributed by atoms with Gasteiger partial charge in [0.05, 0.1) is 17.4 Å². The average Bonchev–Trinajstić information content (AvgIpc) is 2.56. The molecule has 0 bridgehead atoms. The summed E-state index contributed by atoms with van der Waals surface area (Å²) in [6.07, 6.45) is 8.32. The van der Waals surface area contributed by atoms with Crippen LogP contribution >= 0.6 is 0 Å². The van der Waals surface area contributed by atoms with Gasteiger partial charge in [-0.1, -0.05) is 38.5 Å². The first kappa shape index (κ1) is 14.8. The highest BCUT2D eigenvalue weighted by Crippen LogP contribution is 2.35. The van der Waals surface area contributed by atoms with Crippen molar-refractivity contribution in [1.82, 2.24) is 0 Å². The Morgan fingerprint density at radius 1 is 1.05 bits per heavy atom. The zero-order valence-corrected chi connectivity index (χ0v) is 12.2. The van der Waals surface area contributed by atoms with E-state index in [9.17, 15) is 18.3 Å². The van der Waals surface area contributed by atoms with Crippen molar-refractivity contribution in [3.63, 3.8) is 0 Å². The lowest BCUT2D eigenvalue weighted by Gasteiger charge is -2.31. The van der Waals surface area contributed by atoms with Crippen LogP contribution in [0.4, 0.5) is 0 Å². The van der Waals surface area contributed by atoms with Crippen LogP contribution in [-0.2, 0) is 14.6 Å². The summed E-state index contributed by atoms with van der Waals surface area (Å²) in [4.78, 5) is 11.3. The maximum atomic E-state index is 11.7. The SMILES string of the molecule is O=C(O)C1CCS(=O)(=O)CC1CC1CCCCCC1. The summed E-state index contributed by atoms with van der Waals surface area (Å²) in [5, 5.41) is 9.27. The number of rotatable bonds is 3. The van der Waals surface area contributed by atoms with Crippen molar-refractivity contribution >= 4 is 15.8 Å². The van der Waals surface area contributed by atoms with E-state index >= 15 is 0 Å². The first-order chi connectivity index (χ1) is 8.98. The number of hydrogen-bond donors (Lipinski definition) is 1. The average molecular weight is 288 g/mol. The number of hydrogen-bond acceptors (Lipinski definition) is 3. The quantitative estimate of drug-likeness (QED) is 0.810. The fourth-order valence-electron chi connectivity index (χ4n) is 3.65. The Morgan fingerprint density at radius 2 is 1.68 bits per heavy atom. The van der Waals surface area contributed by atoms with Crippen molar-refractivity contribution in [2.24, 2.45) is 17.8 Å². The van der Waals surface area contributed by atoms with Gasteiger partial charge in [0, 0.05) is 0 Å². The first-order valence-corrected chi connectivity index (χ1v) is 9.23. The molecule has 110 valence electrons. The fourth-order valence-corrected chi connectivity index (χ4v) is 5.45. The molecule has 1 saturated heterocycles. The highest BCUT2D eigenvalue weighted by Gasteiger charge is 2.38. The van der Waals surface area contributed by atoms with Gasteiger partial charge in [-0.05, 0) is 24.7 Å². The molecule has 4 nitrogen and oxygen atoms in total. The Balaban J connectivity index is 2.02. The number of carboxylic acids is 1. The molecular formula is C14H24O4S. The van der Waals surface area contributed by atoms with Gasteiger partial charge >= 0.3 is 5.97 Å². The normalized spacial score (nSPS) is 32.6. The molecule has 1 aliphatic heterocycles. The summed E-state index contributed by atoms with van der Waals surface area (Å²) in [5.41, 5.74) is 0. The van der Waals surface area contributed by atoms with E-state index in [-0.39, 0.29) is 17.4 Å². The second-order valence-corrected chi connectivity index (χ2v) is 8.43. The third kappa shape index (κ3) is 4.20. The molecular weight excluding hydrogens is 264 g/mol. The van der Waals surface area contributed by atoms with Crippen LogP contribution in [0.3, 0.4) is 0 Å². The van der Waals surface area contributed by atoms with E-state index in [4.69, 9.17) is 0 Å². The summed E-state index contributed by atoms with van der Waals surface area (Å²) >= 11 is 0. The van der Waals surface area contributed by atoms with Gasteiger partial charge in [-0.3, -0.25) is 4.79 Å². The molecule has 0 amide bonds. The summed E-state index contributed by atoms with van der Waals surface area (Å²) in [5.74, 6) is -0.770. The van der Waals surface area contributed by atoms with E-state index < -0.39 is 21.7 Å². The fraction of sp³-hybridized carbons (Fsp3) is 0.929. The molecule has 5 heteroatoms. The van der Waals surface area contributed by atoms with E-state index in [1.165, 1.54) is 25.7 Å². The second kappa shape index (κ2) is 6.25. The van der Waals surface area contributed by atoms with Crippen molar-refractivity contribution in [2.75, 3.05) is 11.5 Å². The molecule has 1 N–H and O–H groups in total. The Labute approximate surface area is 115 Å². The van der Waals surface area contributed by atoms with Gasteiger partial charge in [0.15, 0.2) is 9.84 Å². The smallest absolute Gasteiger partial charge is 0.306 e. The van der Waals surface area contributed by atoms with E-state index in [0.29, 0.717) is 12.3 Å². The third-order valence-electron chi connectivity index (χ3n) is 4.70. The zero-order valence-electron chi connectivity index (χ0n) is 11.4. The van der Waals surface area contributed by atoms with Crippen LogP contribution in [0.25, 0.3) is 0 Å². The lowest BCUT2D eigenvalue weighted by Crippen LogP contribution is -2.38. The van der Waals surface area contributed by atoms with Crippen molar-refractivity contribution < 1.29 is 18.3 Å². The molecule has 1 heterocycles. The van der Waals surface area contributed by atoms with E-state index in [2.05, 4.69) is 0 Å². The van der Waals surface area contributed by atoms with E-state index in [0.717, 1.165) is 19.3 Å². The Bertz CT molecular complexity index is 407. The monoisotopic (exact) mass is 288 g/mol. The van der Waals surface area contributed by atoms with Crippen LogP contribution in [0.2, 0.25) is 0 Å². The molecule has 19 heavy (non-hydrogen) atoms. The molecule has 0 aromatic rings. The molecule has 2 aliphatic rings. The Morgan fingerprint density at radius 3 is 2.26 bits per heavy atom. The zero-order chi connectivity index (χ0) is 13.9. The minimum atomic E-state index is -3.02. The topological polar surface area (TPSA) is 71.4 Å². The summed E-state index contributed by atoms with van der Waals surface area (Å²) < 4.78 is 23.5. The number of carboxylic acid groups (broad SMARTS) is 1. The van der Waals surface area contributed by atoms with Crippen LogP contribution in [0.1, 0.15) is 51.4 Å². The minimum Gasteiger partial charge on any atom is -0.481 e.